The maximum atomic E-state index is 12.0. The van der Waals surface area contributed by atoms with Gasteiger partial charge in [-0.1, -0.05) is 6.07 Å². The standard InChI is InChI=1S/C10H9ClF3IO/c11-5-1-2-7-3-4-9(8(15)6-7)16-10(12,13)14/h3-4,6H,1-2,5H2. The highest BCUT2D eigenvalue weighted by Crippen LogP contribution is 2.28. The fourth-order valence-corrected chi connectivity index (χ4v) is 2.00. The Kier molecular flexibility index (Phi) is 5.17. The third kappa shape index (κ3) is 4.78. The maximum absolute atomic E-state index is 12.0. The lowest BCUT2D eigenvalue weighted by Gasteiger charge is -2.11. The molecule has 90 valence electrons. The predicted octanol–water partition coefficient (Wildman–Crippen LogP) is 4.36. The van der Waals surface area contributed by atoms with E-state index in [2.05, 4.69) is 4.74 Å². The third-order valence-electron chi connectivity index (χ3n) is 1.82. The monoisotopic (exact) mass is 364 g/mol. The first-order valence-corrected chi connectivity index (χ1v) is 6.14. The number of benzene rings is 1. The number of halogens is 5. The Bertz CT molecular complexity index is 354. The van der Waals surface area contributed by atoms with Crippen LogP contribution in [0.1, 0.15) is 12.0 Å². The van der Waals surface area contributed by atoms with Crippen LogP contribution in [0.4, 0.5) is 13.2 Å². The van der Waals surface area contributed by atoms with E-state index in [0.717, 1.165) is 18.4 Å². The van der Waals surface area contributed by atoms with Crippen LogP contribution in [0.2, 0.25) is 0 Å². The molecule has 1 rings (SSSR count). The first-order chi connectivity index (χ1) is 7.42. The van der Waals surface area contributed by atoms with Gasteiger partial charge in [0.25, 0.3) is 0 Å². The summed E-state index contributed by atoms with van der Waals surface area (Å²) in [6, 6.07) is 4.63. The van der Waals surface area contributed by atoms with Gasteiger partial charge in [0.05, 0.1) is 3.57 Å². The van der Waals surface area contributed by atoms with Gasteiger partial charge < -0.3 is 4.74 Å². The van der Waals surface area contributed by atoms with Crippen molar-refractivity contribution < 1.29 is 17.9 Å². The number of ether oxygens (including phenoxy) is 1. The van der Waals surface area contributed by atoms with Gasteiger partial charge in [-0.2, -0.15) is 0 Å². The van der Waals surface area contributed by atoms with Crippen molar-refractivity contribution in [2.24, 2.45) is 0 Å². The largest absolute Gasteiger partial charge is 0.573 e. The molecule has 6 heteroatoms. The van der Waals surface area contributed by atoms with Gasteiger partial charge in [0.15, 0.2) is 0 Å². The zero-order valence-corrected chi connectivity index (χ0v) is 11.1. The first-order valence-electron chi connectivity index (χ1n) is 4.52. The van der Waals surface area contributed by atoms with Crippen molar-refractivity contribution >= 4 is 34.2 Å². The maximum Gasteiger partial charge on any atom is 0.573 e. The molecule has 0 amide bonds. The van der Waals surface area contributed by atoms with Gasteiger partial charge in [-0.3, -0.25) is 0 Å². The van der Waals surface area contributed by atoms with Crippen LogP contribution >= 0.6 is 34.2 Å². The summed E-state index contributed by atoms with van der Waals surface area (Å²) in [5.74, 6) is 0.375. The Hall–Kier alpha value is -0.170. The van der Waals surface area contributed by atoms with Gasteiger partial charge >= 0.3 is 6.36 Å². The highest BCUT2D eigenvalue weighted by Gasteiger charge is 2.31. The number of alkyl halides is 4. The van der Waals surface area contributed by atoms with E-state index in [9.17, 15) is 13.2 Å². The topological polar surface area (TPSA) is 9.23 Å². The molecule has 0 spiro atoms. The molecule has 0 radical (unpaired) electrons. The Labute approximate surface area is 110 Å². The molecule has 16 heavy (non-hydrogen) atoms. The highest BCUT2D eigenvalue weighted by atomic mass is 127. The minimum Gasteiger partial charge on any atom is -0.405 e. The highest BCUT2D eigenvalue weighted by molar-refractivity contribution is 14.1. The van der Waals surface area contributed by atoms with E-state index in [1.54, 1.807) is 12.1 Å². The molecule has 1 aromatic rings. The molecule has 0 aliphatic heterocycles. The summed E-state index contributed by atoms with van der Waals surface area (Å²) in [4.78, 5) is 0. The van der Waals surface area contributed by atoms with E-state index in [0.29, 0.717) is 9.45 Å². The average molecular weight is 365 g/mol. The van der Waals surface area contributed by atoms with Gasteiger partial charge in [-0.25, -0.2) is 0 Å². The Balaban J connectivity index is 2.75. The van der Waals surface area contributed by atoms with E-state index in [1.165, 1.54) is 6.07 Å². The summed E-state index contributed by atoms with van der Waals surface area (Å²) in [6.07, 6.45) is -3.08. The molecule has 0 aliphatic carbocycles. The summed E-state index contributed by atoms with van der Waals surface area (Å²) in [7, 11) is 0. The quantitative estimate of drug-likeness (QED) is 0.570. The minimum atomic E-state index is -4.64. The van der Waals surface area contributed by atoms with E-state index < -0.39 is 6.36 Å². The molecular formula is C10H9ClF3IO. The van der Waals surface area contributed by atoms with Gasteiger partial charge in [-0.05, 0) is 53.1 Å². The van der Waals surface area contributed by atoms with Crippen LogP contribution in [-0.4, -0.2) is 12.2 Å². The van der Waals surface area contributed by atoms with E-state index in [1.807, 2.05) is 22.6 Å². The number of rotatable bonds is 4. The van der Waals surface area contributed by atoms with Gasteiger partial charge in [-0.15, -0.1) is 24.8 Å². The van der Waals surface area contributed by atoms with Crippen LogP contribution in [-0.2, 0) is 6.42 Å². The van der Waals surface area contributed by atoms with Gasteiger partial charge in [0.1, 0.15) is 5.75 Å². The smallest absolute Gasteiger partial charge is 0.405 e. The molecule has 0 N–H and O–H groups in total. The van der Waals surface area contributed by atoms with Crippen molar-refractivity contribution in [2.75, 3.05) is 5.88 Å². The molecule has 0 bridgehead atoms. The summed E-state index contributed by atoms with van der Waals surface area (Å²) in [5.41, 5.74) is 0.958. The molecule has 0 aromatic heterocycles. The molecule has 1 aromatic carbocycles. The second-order valence-electron chi connectivity index (χ2n) is 3.11. The second-order valence-corrected chi connectivity index (χ2v) is 4.65. The Morgan fingerprint density at radius 3 is 2.50 bits per heavy atom. The molecule has 0 saturated heterocycles. The van der Waals surface area contributed by atoms with Crippen LogP contribution in [0.15, 0.2) is 18.2 Å². The lowest BCUT2D eigenvalue weighted by atomic mass is 10.1. The van der Waals surface area contributed by atoms with Crippen molar-refractivity contribution in [1.82, 2.24) is 0 Å². The number of hydrogen-bond donors (Lipinski definition) is 0. The Morgan fingerprint density at radius 1 is 1.31 bits per heavy atom. The van der Waals surface area contributed by atoms with Crippen LogP contribution in [0, 0.1) is 3.57 Å². The molecule has 0 aliphatic rings. The van der Waals surface area contributed by atoms with Crippen molar-refractivity contribution in [3.63, 3.8) is 0 Å². The Morgan fingerprint density at radius 2 is 2.00 bits per heavy atom. The summed E-state index contributed by atoms with van der Waals surface area (Å²) < 4.78 is 40.2. The van der Waals surface area contributed by atoms with Crippen molar-refractivity contribution in [2.45, 2.75) is 19.2 Å². The fraction of sp³-hybridized carbons (Fsp3) is 0.400. The molecule has 0 unspecified atom stereocenters. The minimum absolute atomic E-state index is 0.164. The van der Waals surface area contributed by atoms with Crippen molar-refractivity contribution in [3.8, 4) is 5.75 Å². The summed E-state index contributed by atoms with van der Waals surface area (Å²) in [6.45, 7) is 0. The summed E-state index contributed by atoms with van der Waals surface area (Å²) in [5, 5.41) is 0. The molecular weight excluding hydrogens is 355 g/mol. The normalized spacial score (nSPS) is 11.6. The van der Waals surface area contributed by atoms with Crippen LogP contribution in [0.5, 0.6) is 5.75 Å². The van der Waals surface area contributed by atoms with Gasteiger partial charge in [0.2, 0.25) is 0 Å². The number of hydrogen-bond acceptors (Lipinski definition) is 1. The zero-order chi connectivity index (χ0) is 12.2. The zero-order valence-electron chi connectivity index (χ0n) is 8.15. The lowest BCUT2D eigenvalue weighted by Crippen LogP contribution is -2.17. The van der Waals surface area contributed by atoms with Crippen molar-refractivity contribution in [1.29, 1.82) is 0 Å². The fourth-order valence-electron chi connectivity index (χ4n) is 1.18. The lowest BCUT2D eigenvalue weighted by molar-refractivity contribution is -0.274. The number of aryl methyl sites for hydroxylation is 1. The predicted molar refractivity (Wildman–Crippen MR) is 64.9 cm³/mol. The van der Waals surface area contributed by atoms with Gasteiger partial charge in [0, 0.05) is 5.88 Å². The first kappa shape index (κ1) is 13.9. The van der Waals surface area contributed by atoms with Crippen LogP contribution in [0.25, 0.3) is 0 Å². The molecule has 0 saturated carbocycles. The second kappa shape index (κ2) is 5.95. The molecule has 0 atom stereocenters. The van der Waals surface area contributed by atoms with Crippen LogP contribution < -0.4 is 4.74 Å². The van der Waals surface area contributed by atoms with E-state index in [-0.39, 0.29) is 5.75 Å². The molecule has 0 fully saturated rings. The SMILES string of the molecule is FC(F)(F)Oc1ccc(CCCCl)cc1I. The molecule has 1 nitrogen and oxygen atoms in total. The van der Waals surface area contributed by atoms with E-state index >= 15 is 0 Å². The third-order valence-corrected chi connectivity index (χ3v) is 2.93. The van der Waals surface area contributed by atoms with E-state index in [4.69, 9.17) is 11.6 Å². The summed E-state index contributed by atoms with van der Waals surface area (Å²) >= 11 is 7.35. The van der Waals surface area contributed by atoms with Crippen molar-refractivity contribution in [3.05, 3.63) is 27.3 Å². The molecule has 0 heterocycles. The average Bonchev–Trinajstić information content (AvgIpc) is 2.17. The van der Waals surface area contributed by atoms with Crippen LogP contribution in [0.3, 0.4) is 0 Å².